The summed E-state index contributed by atoms with van der Waals surface area (Å²) in [6.45, 7) is 2.05. The van der Waals surface area contributed by atoms with E-state index in [2.05, 4.69) is 65.2 Å². The van der Waals surface area contributed by atoms with Gasteiger partial charge in [-0.05, 0) is 158 Å². The Morgan fingerprint density at radius 1 is 0.315 bits per heavy atom. The number of carbonyl (C=O) groups is 5. The highest BCUT2D eigenvalue weighted by Crippen LogP contribution is 2.35. The summed E-state index contributed by atoms with van der Waals surface area (Å²) >= 11 is 0. The third-order valence-corrected chi connectivity index (χ3v) is 15.6. The van der Waals surface area contributed by atoms with Crippen LogP contribution in [-0.4, -0.2) is 70.6 Å². The van der Waals surface area contributed by atoms with Crippen molar-refractivity contribution in [2.45, 2.75) is 45.4 Å². The first-order valence-corrected chi connectivity index (χ1v) is 30.2. The van der Waals surface area contributed by atoms with Crippen molar-refractivity contribution in [3.05, 3.63) is 341 Å². The molecule has 0 amide bonds. The van der Waals surface area contributed by atoms with Crippen LogP contribution in [0.3, 0.4) is 0 Å². The summed E-state index contributed by atoms with van der Waals surface area (Å²) in [6, 6.07) is 88.0. The lowest BCUT2D eigenvalue weighted by atomic mass is 10.1. The van der Waals surface area contributed by atoms with Crippen LogP contribution >= 0.6 is 0 Å². The molecule has 458 valence electrons. The molecule has 0 aliphatic carbocycles. The first kappa shape index (κ1) is 63.2. The van der Waals surface area contributed by atoms with E-state index in [1.807, 2.05) is 161 Å². The zero-order valence-corrected chi connectivity index (χ0v) is 50.6. The normalized spacial score (nSPS) is 10.7. The van der Waals surface area contributed by atoms with Gasteiger partial charge in [0.25, 0.3) is 0 Å². The van der Waals surface area contributed by atoms with E-state index in [9.17, 15) is 44.4 Å². The lowest BCUT2D eigenvalue weighted by Crippen LogP contribution is -2.08. The summed E-state index contributed by atoms with van der Waals surface area (Å²) < 4.78 is 11.4. The molecule has 12 aromatic rings. The molecule has 0 unspecified atom stereocenters. The molecule has 92 heavy (non-hydrogen) atoms. The van der Waals surface area contributed by atoms with Crippen LogP contribution in [0.15, 0.2) is 279 Å². The second-order valence-corrected chi connectivity index (χ2v) is 21.7. The van der Waals surface area contributed by atoms with Crippen LogP contribution in [0.5, 0.6) is 0 Å². The van der Waals surface area contributed by atoms with Crippen molar-refractivity contribution >= 4 is 29.8 Å². The number of esters is 1. The number of nitrogens with zero attached hydrogens (tertiary/aromatic N) is 3. The van der Waals surface area contributed by atoms with Crippen LogP contribution in [0, 0.1) is 0 Å². The molecule has 4 N–H and O–H groups in total. The molecule has 0 spiro atoms. The monoisotopic (exact) mass is 1220 g/mol. The zero-order valence-electron chi connectivity index (χ0n) is 50.6. The minimum Gasteiger partial charge on any atom is -0.478 e. The number of hydrogen-bond acceptors (Lipinski definition) is 6. The predicted molar refractivity (Wildman–Crippen MR) is 359 cm³/mol. The molecule has 0 saturated heterocycles. The standard InChI is InChI=1S/C28H25NO4.C26H21NO4.C25H21NO2/c1-2-33-28(32)25-19-24(17-16-20-10-5-3-6-11-20)29(26(25)21-12-7-4-8-13-21)23-15-9-14-22(18-23)27(30)31;28-25(29)20-12-7-13-21(16-20)27-22(15-14-18-8-3-1-4-9-18)17-23(26(30)31)24(27)19-10-5-2-6-11-19;27-25(28)21-12-7-13-23(18-21)26-22(15-14-19-8-3-1-4-9-19)16-17-24(26)20-10-5-2-6-11-20/h3-15,18-19H,2,16-17H2,1H3,(H,30,31);1-13,16-17H,14-15H2,(H,28,29)(H,30,31);1-13,16-18H,14-15H2,(H,27,28). The minimum atomic E-state index is -1.03. The molecule has 0 radical (unpaired) electrons. The number of carboxylic acids is 4. The van der Waals surface area contributed by atoms with Crippen molar-refractivity contribution in [2.24, 2.45) is 0 Å². The topological polar surface area (TPSA) is 190 Å². The molecule has 0 atom stereocenters. The molecular weight excluding hydrogens is 1150 g/mol. The fourth-order valence-corrected chi connectivity index (χ4v) is 11.3. The Kier molecular flexibility index (Phi) is 20.9. The average Bonchev–Trinajstić information content (AvgIpc) is 1.63. The van der Waals surface area contributed by atoms with Crippen molar-refractivity contribution in [3.8, 4) is 50.8 Å². The minimum absolute atomic E-state index is 0.149. The van der Waals surface area contributed by atoms with E-state index in [1.165, 1.54) is 17.2 Å². The lowest BCUT2D eigenvalue weighted by Gasteiger charge is -2.16. The fraction of sp³-hybridized carbons (Fsp3) is 0.101. The molecule has 3 heterocycles. The number of carbonyl (C=O) groups excluding carboxylic acids is 1. The first-order chi connectivity index (χ1) is 44.8. The van der Waals surface area contributed by atoms with Crippen molar-refractivity contribution in [1.82, 2.24) is 13.7 Å². The zero-order chi connectivity index (χ0) is 64.3. The Hall–Kier alpha value is -11.8. The van der Waals surface area contributed by atoms with Gasteiger partial charge >= 0.3 is 29.8 Å². The summed E-state index contributed by atoms with van der Waals surface area (Å²) in [5, 5.41) is 38.3. The van der Waals surface area contributed by atoms with Gasteiger partial charge in [0.2, 0.25) is 0 Å². The predicted octanol–water partition coefficient (Wildman–Crippen LogP) is 16.8. The molecule has 0 fully saturated rings. The number of benzene rings is 9. The molecule has 0 aliphatic rings. The van der Waals surface area contributed by atoms with Crippen LogP contribution in [-0.2, 0) is 43.3 Å². The van der Waals surface area contributed by atoms with Gasteiger partial charge in [0.1, 0.15) is 0 Å². The van der Waals surface area contributed by atoms with Crippen molar-refractivity contribution in [3.63, 3.8) is 0 Å². The van der Waals surface area contributed by atoms with E-state index >= 15 is 0 Å². The van der Waals surface area contributed by atoms with E-state index in [-0.39, 0.29) is 23.3 Å². The van der Waals surface area contributed by atoms with Crippen LogP contribution < -0.4 is 0 Å². The van der Waals surface area contributed by atoms with Crippen LogP contribution in [0.1, 0.15) is 92.5 Å². The quantitative estimate of drug-likeness (QED) is 0.0504. The van der Waals surface area contributed by atoms with Gasteiger partial charge in [-0.2, -0.15) is 0 Å². The molecule has 12 rings (SSSR count). The number of carboxylic acid groups (broad SMARTS) is 4. The third kappa shape index (κ3) is 15.5. The van der Waals surface area contributed by atoms with Gasteiger partial charge in [-0.1, -0.05) is 200 Å². The number of rotatable bonds is 21. The largest absolute Gasteiger partial charge is 0.478 e. The lowest BCUT2D eigenvalue weighted by molar-refractivity contribution is 0.0525. The molecule has 3 aromatic heterocycles. The number of aromatic nitrogens is 3. The van der Waals surface area contributed by atoms with Gasteiger partial charge in [0.05, 0.1) is 51.5 Å². The summed E-state index contributed by atoms with van der Waals surface area (Å²) in [5.74, 6) is -4.36. The smallest absolute Gasteiger partial charge is 0.340 e. The molecule has 0 aliphatic heterocycles. The van der Waals surface area contributed by atoms with Gasteiger partial charge in [-0.25, -0.2) is 24.0 Å². The molecule has 0 bridgehead atoms. The van der Waals surface area contributed by atoms with Crippen molar-refractivity contribution < 1.29 is 49.1 Å². The Morgan fingerprint density at radius 3 is 1.02 bits per heavy atom. The Bertz CT molecular complexity index is 4480. The third-order valence-electron chi connectivity index (χ3n) is 15.6. The highest BCUT2D eigenvalue weighted by Gasteiger charge is 2.26. The number of hydrogen-bond donors (Lipinski definition) is 4. The molecule has 13 heteroatoms. The molecule has 9 aromatic carbocycles. The highest BCUT2D eigenvalue weighted by atomic mass is 16.5. The van der Waals surface area contributed by atoms with Crippen LogP contribution in [0.2, 0.25) is 0 Å². The SMILES string of the molecule is CCOC(=O)c1cc(CCc2ccccc2)n(-c2cccc(C(=O)O)c2)c1-c1ccccc1.O=C(O)c1cccc(-n2c(CCc3ccccc3)cc(C(=O)O)c2-c2ccccc2)c1.O=C(O)c1cccc(-n2c(CCc3ccccc3)ccc2-c2ccccc2)c1. The van der Waals surface area contributed by atoms with Crippen LogP contribution in [0.4, 0.5) is 0 Å². The average molecular weight is 1220 g/mol. The summed E-state index contributed by atoms with van der Waals surface area (Å²) in [6.07, 6.45) is 4.58. The maximum absolute atomic E-state index is 13.0. The van der Waals surface area contributed by atoms with E-state index in [1.54, 1.807) is 67.6 Å². The Labute approximate surface area is 533 Å². The van der Waals surface area contributed by atoms with E-state index in [0.717, 1.165) is 76.4 Å². The van der Waals surface area contributed by atoms with Gasteiger partial charge in [0, 0.05) is 34.1 Å². The van der Waals surface area contributed by atoms with Gasteiger partial charge < -0.3 is 38.9 Å². The Morgan fingerprint density at radius 2 is 0.652 bits per heavy atom. The number of aryl methyl sites for hydroxylation is 6. The summed E-state index contributed by atoms with van der Waals surface area (Å²) in [5.41, 5.74) is 15.0. The maximum atomic E-state index is 13.0. The van der Waals surface area contributed by atoms with Crippen molar-refractivity contribution in [1.29, 1.82) is 0 Å². The van der Waals surface area contributed by atoms with Gasteiger partial charge in [-0.3, -0.25) is 0 Å². The molecule has 13 nitrogen and oxygen atoms in total. The molecular formula is C79H67N3O10. The van der Waals surface area contributed by atoms with E-state index in [4.69, 9.17) is 4.74 Å². The second kappa shape index (κ2) is 30.4. The highest BCUT2D eigenvalue weighted by molar-refractivity contribution is 5.98. The Balaban J connectivity index is 0.000000152. The first-order valence-electron chi connectivity index (χ1n) is 30.2. The fourth-order valence-electron chi connectivity index (χ4n) is 11.3. The van der Waals surface area contributed by atoms with Crippen LogP contribution in [0.25, 0.3) is 50.8 Å². The van der Waals surface area contributed by atoms with E-state index in [0.29, 0.717) is 46.7 Å². The molecule has 0 saturated carbocycles. The van der Waals surface area contributed by atoms with E-state index < -0.39 is 29.8 Å². The second-order valence-electron chi connectivity index (χ2n) is 21.7. The van der Waals surface area contributed by atoms with Gasteiger partial charge in [0.15, 0.2) is 0 Å². The van der Waals surface area contributed by atoms with Gasteiger partial charge in [-0.15, -0.1) is 0 Å². The van der Waals surface area contributed by atoms with Crippen molar-refractivity contribution in [2.75, 3.05) is 6.61 Å². The summed E-state index contributed by atoms with van der Waals surface area (Å²) in [4.78, 5) is 59.7. The number of ether oxygens (including phenoxy) is 1. The maximum Gasteiger partial charge on any atom is 0.340 e. The number of aromatic carboxylic acids is 4. The summed E-state index contributed by atoms with van der Waals surface area (Å²) in [7, 11) is 0.